The number of esters is 1. The van der Waals surface area contributed by atoms with Gasteiger partial charge in [0.15, 0.2) is 0 Å². The number of hydrogen-bond donors (Lipinski definition) is 0. The van der Waals surface area contributed by atoms with Gasteiger partial charge in [-0.1, -0.05) is 53.5 Å². The molecular weight excluding hydrogens is 583 g/mol. The van der Waals surface area contributed by atoms with Crippen LogP contribution in [0.25, 0.3) is 34.5 Å². The van der Waals surface area contributed by atoms with Gasteiger partial charge in [-0.25, -0.2) is 9.78 Å². The molecule has 0 spiro atoms. The van der Waals surface area contributed by atoms with Crippen molar-refractivity contribution in [3.63, 3.8) is 0 Å². The van der Waals surface area contributed by atoms with Gasteiger partial charge in [0.05, 0.1) is 37.1 Å². The van der Waals surface area contributed by atoms with E-state index in [1.807, 2.05) is 84.4 Å². The maximum atomic E-state index is 11.9. The molecular formula is C35H30Cl2N2O4. The Balaban J connectivity index is 1.51. The number of imidazole rings is 1. The Morgan fingerprint density at radius 3 is 2.30 bits per heavy atom. The molecule has 0 fully saturated rings. The van der Waals surface area contributed by atoms with E-state index >= 15 is 0 Å². The second-order valence-corrected chi connectivity index (χ2v) is 10.5. The Kier molecular flexibility index (Phi) is 9.50. The summed E-state index contributed by atoms with van der Waals surface area (Å²) in [5.41, 5.74) is 5.98. The first-order valence-electron chi connectivity index (χ1n) is 13.7. The summed E-state index contributed by atoms with van der Waals surface area (Å²) in [6.45, 7) is 3.11. The molecule has 0 saturated carbocycles. The standard InChI is InChI=1S/C35H30Cl2N2O4/c1-4-43-29-14-9-24(10-15-29)26-11-17-33(41-2)27(19-26)12-18-34-38-32(30-16-13-28(36)20-31(30)37)22-39(34)21-23-5-7-25(8-6-23)35(40)42-3/h5-20,22H,4,21H2,1-3H3/b18-12+. The number of halogens is 2. The first-order valence-corrected chi connectivity index (χ1v) is 14.4. The summed E-state index contributed by atoms with van der Waals surface area (Å²) >= 11 is 12.7. The summed E-state index contributed by atoms with van der Waals surface area (Å²) in [5, 5.41) is 1.07. The van der Waals surface area contributed by atoms with E-state index in [4.69, 9.17) is 42.4 Å². The Morgan fingerprint density at radius 1 is 0.884 bits per heavy atom. The van der Waals surface area contributed by atoms with E-state index in [-0.39, 0.29) is 5.97 Å². The third kappa shape index (κ3) is 7.11. The summed E-state index contributed by atoms with van der Waals surface area (Å²) in [4.78, 5) is 16.8. The van der Waals surface area contributed by atoms with Crippen LogP contribution in [0.5, 0.6) is 11.5 Å². The van der Waals surface area contributed by atoms with Crippen molar-refractivity contribution in [2.75, 3.05) is 20.8 Å². The predicted molar refractivity (Wildman–Crippen MR) is 173 cm³/mol. The minimum absolute atomic E-state index is 0.376. The van der Waals surface area contributed by atoms with Crippen LogP contribution in [0.4, 0.5) is 0 Å². The highest BCUT2D eigenvalue weighted by Crippen LogP contribution is 2.32. The maximum Gasteiger partial charge on any atom is 0.337 e. The second-order valence-electron chi connectivity index (χ2n) is 9.67. The van der Waals surface area contributed by atoms with Gasteiger partial charge in [-0.15, -0.1) is 0 Å². The molecule has 43 heavy (non-hydrogen) atoms. The van der Waals surface area contributed by atoms with E-state index in [1.54, 1.807) is 31.4 Å². The number of methoxy groups -OCH3 is 2. The molecule has 0 aliphatic rings. The normalized spacial score (nSPS) is 11.1. The van der Waals surface area contributed by atoms with Crippen LogP contribution in [0.1, 0.15) is 34.2 Å². The summed E-state index contributed by atoms with van der Waals surface area (Å²) < 4.78 is 18.1. The third-order valence-corrected chi connectivity index (χ3v) is 7.43. The van der Waals surface area contributed by atoms with Crippen LogP contribution in [0.3, 0.4) is 0 Å². The molecule has 0 atom stereocenters. The predicted octanol–water partition coefficient (Wildman–Crippen LogP) is 8.94. The zero-order valence-corrected chi connectivity index (χ0v) is 25.5. The third-order valence-electron chi connectivity index (χ3n) is 6.88. The molecule has 5 aromatic rings. The van der Waals surface area contributed by atoms with Crippen LogP contribution in [-0.2, 0) is 11.3 Å². The van der Waals surface area contributed by atoms with Crippen LogP contribution in [0.15, 0.2) is 91.1 Å². The van der Waals surface area contributed by atoms with Crippen LogP contribution >= 0.6 is 23.2 Å². The lowest BCUT2D eigenvalue weighted by atomic mass is 10.0. The summed E-state index contributed by atoms with van der Waals surface area (Å²) in [6, 6.07) is 26.8. The average Bonchev–Trinajstić information content (AvgIpc) is 3.42. The smallest absolute Gasteiger partial charge is 0.337 e. The molecule has 6 nitrogen and oxygen atoms in total. The van der Waals surface area contributed by atoms with Crippen molar-refractivity contribution < 1.29 is 19.0 Å². The molecule has 1 aromatic heterocycles. The van der Waals surface area contributed by atoms with Crippen LogP contribution < -0.4 is 9.47 Å². The molecule has 0 N–H and O–H groups in total. The number of carbonyl (C=O) groups excluding carboxylic acids is 1. The molecule has 0 bridgehead atoms. The van der Waals surface area contributed by atoms with E-state index in [9.17, 15) is 4.79 Å². The minimum atomic E-state index is -0.376. The SMILES string of the molecule is CCOc1ccc(-c2ccc(OC)c(/C=C/c3nc(-c4ccc(Cl)cc4Cl)cn3Cc3ccc(C(=O)OC)cc3)c2)cc1. The molecule has 1 heterocycles. The van der Waals surface area contributed by atoms with Crippen LogP contribution in [0, 0.1) is 0 Å². The van der Waals surface area contributed by atoms with Crippen LogP contribution in [0.2, 0.25) is 10.0 Å². The first-order chi connectivity index (χ1) is 20.9. The molecule has 8 heteroatoms. The van der Waals surface area contributed by atoms with E-state index < -0.39 is 0 Å². The van der Waals surface area contributed by atoms with Crippen molar-refractivity contribution >= 4 is 41.3 Å². The number of hydrogen-bond acceptors (Lipinski definition) is 5. The largest absolute Gasteiger partial charge is 0.496 e. The highest BCUT2D eigenvalue weighted by atomic mass is 35.5. The lowest BCUT2D eigenvalue weighted by molar-refractivity contribution is 0.0600. The van der Waals surface area contributed by atoms with Crippen molar-refractivity contribution in [2.45, 2.75) is 13.5 Å². The van der Waals surface area contributed by atoms with Gasteiger partial charge >= 0.3 is 5.97 Å². The Hall–Kier alpha value is -4.52. The van der Waals surface area contributed by atoms with E-state index in [0.717, 1.165) is 39.3 Å². The molecule has 4 aromatic carbocycles. The Morgan fingerprint density at radius 2 is 1.63 bits per heavy atom. The number of ether oxygens (including phenoxy) is 3. The Labute approximate surface area is 261 Å². The quantitative estimate of drug-likeness (QED) is 0.147. The molecule has 0 saturated heterocycles. The molecule has 0 amide bonds. The molecule has 0 radical (unpaired) electrons. The number of benzene rings is 4. The topological polar surface area (TPSA) is 62.6 Å². The number of aromatic nitrogens is 2. The molecule has 0 aliphatic carbocycles. The lowest BCUT2D eigenvalue weighted by Crippen LogP contribution is -2.03. The van der Waals surface area contributed by atoms with Gasteiger partial charge in [0, 0.05) is 28.9 Å². The van der Waals surface area contributed by atoms with Gasteiger partial charge in [-0.3, -0.25) is 0 Å². The van der Waals surface area contributed by atoms with Crippen molar-refractivity contribution in [3.8, 4) is 33.9 Å². The first kappa shape index (κ1) is 30.0. The van der Waals surface area contributed by atoms with Crippen LogP contribution in [-0.4, -0.2) is 36.3 Å². The van der Waals surface area contributed by atoms with Gasteiger partial charge in [-0.2, -0.15) is 0 Å². The highest BCUT2D eigenvalue weighted by molar-refractivity contribution is 6.36. The summed E-state index contributed by atoms with van der Waals surface area (Å²) in [6.07, 6.45) is 5.90. The number of carbonyl (C=O) groups is 1. The summed E-state index contributed by atoms with van der Waals surface area (Å²) in [7, 11) is 3.02. The van der Waals surface area contributed by atoms with Gasteiger partial charge in [0.25, 0.3) is 0 Å². The Bertz CT molecular complexity index is 1760. The van der Waals surface area contributed by atoms with Gasteiger partial charge in [0.2, 0.25) is 0 Å². The molecule has 0 unspecified atom stereocenters. The minimum Gasteiger partial charge on any atom is -0.496 e. The van der Waals surface area contributed by atoms with Gasteiger partial charge in [0.1, 0.15) is 17.3 Å². The fourth-order valence-corrected chi connectivity index (χ4v) is 5.20. The van der Waals surface area contributed by atoms with Gasteiger partial charge < -0.3 is 18.8 Å². The van der Waals surface area contributed by atoms with Gasteiger partial charge in [-0.05, 0) is 90.4 Å². The maximum absolute atomic E-state index is 11.9. The summed E-state index contributed by atoms with van der Waals surface area (Å²) in [5.74, 6) is 1.91. The second kappa shape index (κ2) is 13.6. The number of nitrogens with zero attached hydrogens (tertiary/aromatic N) is 2. The fourth-order valence-electron chi connectivity index (χ4n) is 4.70. The van der Waals surface area contributed by atoms with E-state index in [2.05, 4.69) is 6.07 Å². The molecule has 218 valence electrons. The highest BCUT2D eigenvalue weighted by Gasteiger charge is 2.13. The molecule has 5 rings (SSSR count). The van der Waals surface area contributed by atoms with Crippen molar-refractivity contribution in [1.29, 1.82) is 0 Å². The zero-order chi connectivity index (χ0) is 30.3. The average molecular weight is 614 g/mol. The van der Waals surface area contributed by atoms with E-state index in [0.29, 0.717) is 40.3 Å². The fraction of sp³-hybridized carbons (Fsp3) is 0.143. The van der Waals surface area contributed by atoms with Crippen molar-refractivity contribution in [1.82, 2.24) is 9.55 Å². The van der Waals surface area contributed by atoms with Crippen molar-refractivity contribution in [2.24, 2.45) is 0 Å². The molecule has 0 aliphatic heterocycles. The van der Waals surface area contributed by atoms with E-state index in [1.165, 1.54) is 7.11 Å². The number of rotatable bonds is 10. The zero-order valence-electron chi connectivity index (χ0n) is 24.0. The monoisotopic (exact) mass is 612 g/mol. The van der Waals surface area contributed by atoms with Crippen molar-refractivity contribution in [3.05, 3.63) is 124 Å². The lowest BCUT2D eigenvalue weighted by Gasteiger charge is -2.10.